The van der Waals surface area contributed by atoms with Gasteiger partial charge in [-0.3, -0.25) is 0 Å². The van der Waals surface area contributed by atoms with Gasteiger partial charge in [0, 0.05) is 54.5 Å². The molecule has 3 rings (SSSR count). The Morgan fingerprint density at radius 3 is 2.95 bits per heavy atom. The topological polar surface area (TPSA) is 26.2 Å². The lowest BCUT2D eigenvalue weighted by molar-refractivity contribution is 0.0779. The van der Waals surface area contributed by atoms with Gasteiger partial charge in [0.25, 0.3) is 0 Å². The van der Waals surface area contributed by atoms with E-state index in [1.54, 1.807) is 0 Å². The van der Waals surface area contributed by atoms with Crippen LogP contribution in [0.5, 0.6) is 0 Å². The standard InChI is InChI=1S/C15H19ClN2O/c16-14-2-1-3-15-13(14)4-8-18(15)9-7-17-12-5-10-19-11-6-12/h1-4,8,12,17H,5-7,9-11H2. The largest absolute Gasteiger partial charge is 0.381 e. The number of hydrogen-bond donors (Lipinski definition) is 1. The summed E-state index contributed by atoms with van der Waals surface area (Å²) in [5.74, 6) is 0. The monoisotopic (exact) mass is 278 g/mol. The fourth-order valence-corrected chi connectivity index (χ4v) is 2.90. The van der Waals surface area contributed by atoms with E-state index < -0.39 is 0 Å². The van der Waals surface area contributed by atoms with Gasteiger partial charge in [-0.25, -0.2) is 0 Å². The van der Waals surface area contributed by atoms with Crippen LogP contribution in [-0.2, 0) is 11.3 Å². The molecule has 4 heteroatoms. The Kier molecular flexibility index (Phi) is 4.06. The zero-order valence-electron chi connectivity index (χ0n) is 10.9. The summed E-state index contributed by atoms with van der Waals surface area (Å²) in [4.78, 5) is 0. The molecule has 1 N–H and O–H groups in total. The van der Waals surface area contributed by atoms with E-state index in [1.807, 2.05) is 12.1 Å². The van der Waals surface area contributed by atoms with Crippen LogP contribution in [0.2, 0.25) is 5.02 Å². The molecule has 1 aliphatic rings. The van der Waals surface area contributed by atoms with Crippen molar-refractivity contribution in [3.05, 3.63) is 35.5 Å². The molecule has 1 saturated heterocycles. The molecule has 0 spiro atoms. The van der Waals surface area contributed by atoms with Crippen LogP contribution in [-0.4, -0.2) is 30.4 Å². The summed E-state index contributed by atoms with van der Waals surface area (Å²) in [6.45, 7) is 3.74. The molecule has 2 heterocycles. The highest BCUT2D eigenvalue weighted by Gasteiger charge is 2.12. The Morgan fingerprint density at radius 1 is 1.26 bits per heavy atom. The highest BCUT2D eigenvalue weighted by molar-refractivity contribution is 6.35. The summed E-state index contributed by atoms with van der Waals surface area (Å²) in [5.41, 5.74) is 1.21. The van der Waals surface area contributed by atoms with E-state index in [-0.39, 0.29) is 0 Å². The van der Waals surface area contributed by atoms with E-state index in [0.29, 0.717) is 6.04 Å². The second-order valence-electron chi connectivity index (χ2n) is 5.02. The smallest absolute Gasteiger partial charge is 0.0499 e. The first kappa shape index (κ1) is 13.0. The van der Waals surface area contributed by atoms with Gasteiger partial charge in [-0.1, -0.05) is 17.7 Å². The maximum absolute atomic E-state index is 6.18. The van der Waals surface area contributed by atoms with Crippen molar-refractivity contribution in [1.82, 2.24) is 9.88 Å². The molecular weight excluding hydrogens is 260 g/mol. The van der Waals surface area contributed by atoms with E-state index in [0.717, 1.165) is 49.6 Å². The SMILES string of the molecule is Clc1cccc2c1ccn2CCNC1CCOCC1. The first-order chi connectivity index (χ1) is 9.34. The number of rotatable bonds is 4. The minimum atomic E-state index is 0.610. The van der Waals surface area contributed by atoms with Crippen LogP contribution in [0.4, 0.5) is 0 Å². The van der Waals surface area contributed by atoms with Crippen LogP contribution < -0.4 is 5.32 Å². The minimum absolute atomic E-state index is 0.610. The van der Waals surface area contributed by atoms with Crippen LogP contribution >= 0.6 is 11.6 Å². The summed E-state index contributed by atoms with van der Waals surface area (Å²) < 4.78 is 7.62. The Labute approximate surface area is 118 Å². The third kappa shape index (κ3) is 2.94. The van der Waals surface area contributed by atoms with Crippen molar-refractivity contribution in [1.29, 1.82) is 0 Å². The molecule has 1 aromatic heterocycles. The Bertz CT molecular complexity index is 546. The fraction of sp³-hybridized carbons (Fsp3) is 0.467. The molecule has 0 bridgehead atoms. The third-order valence-corrected chi connectivity index (χ3v) is 4.10. The summed E-state index contributed by atoms with van der Waals surface area (Å²) >= 11 is 6.18. The number of ether oxygens (including phenoxy) is 1. The molecule has 0 atom stereocenters. The summed E-state index contributed by atoms with van der Waals surface area (Å²) in [5, 5.41) is 5.57. The molecule has 0 amide bonds. The Morgan fingerprint density at radius 2 is 2.11 bits per heavy atom. The van der Waals surface area contributed by atoms with Crippen molar-refractivity contribution in [2.24, 2.45) is 0 Å². The first-order valence-electron chi connectivity index (χ1n) is 6.89. The molecule has 3 nitrogen and oxygen atoms in total. The number of halogens is 1. The quantitative estimate of drug-likeness (QED) is 0.930. The van der Waals surface area contributed by atoms with Crippen molar-refractivity contribution in [3.8, 4) is 0 Å². The van der Waals surface area contributed by atoms with Crippen molar-refractivity contribution in [2.45, 2.75) is 25.4 Å². The van der Waals surface area contributed by atoms with Crippen molar-refractivity contribution >= 4 is 22.5 Å². The van der Waals surface area contributed by atoms with Crippen molar-refractivity contribution in [3.63, 3.8) is 0 Å². The maximum Gasteiger partial charge on any atom is 0.0499 e. The van der Waals surface area contributed by atoms with Gasteiger partial charge in [0.05, 0.1) is 0 Å². The zero-order chi connectivity index (χ0) is 13.1. The molecule has 19 heavy (non-hydrogen) atoms. The van der Waals surface area contributed by atoms with Gasteiger partial charge in [0.2, 0.25) is 0 Å². The molecule has 0 aliphatic carbocycles. The van der Waals surface area contributed by atoms with Crippen LogP contribution in [0.25, 0.3) is 10.9 Å². The van der Waals surface area contributed by atoms with Gasteiger partial charge in [0.1, 0.15) is 0 Å². The molecular formula is C15H19ClN2O. The average Bonchev–Trinajstić information content (AvgIpc) is 2.85. The third-order valence-electron chi connectivity index (χ3n) is 3.77. The van der Waals surface area contributed by atoms with Crippen LogP contribution in [0.3, 0.4) is 0 Å². The molecule has 102 valence electrons. The predicted octanol–water partition coefficient (Wildman–Crippen LogP) is 3.06. The Balaban J connectivity index is 1.60. The average molecular weight is 279 g/mol. The van der Waals surface area contributed by atoms with E-state index >= 15 is 0 Å². The molecule has 1 fully saturated rings. The lowest BCUT2D eigenvalue weighted by Gasteiger charge is -2.23. The fourth-order valence-electron chi connectivity index (χ4n) is 2.67. The van der Waals surface area contributed by atoms with E-state index in [9.17, 15) is 0 Å². The number of hydrogen-bond acceptors (Lipinski definition) is 2. The molecule has 2 aromatic rings. The molecule has 1 aromatic carbocycles. The van der Waals surface area contributed by atoms with E-state index in [4.69, 9.17) is 16.3 Å². The van der Waals surface area contributed by atoms with Gasteiger partial charge in [0.15, 0.2) is 0 Å². The highest BCUT2D eigenvalue weighted by Crippen LogP contribution is 2.23. The van der Waals surface area contributed by atoms with Gasteiger partial charge in [-0.2, -0.15) is 0 Å². The van der Waals surface area contributed by atoms with Gasteiger partial charge in [-0.05, 0) is 31.0 Å². The second-order valence-corrected chi connectivity index (χ2v) is 5.43. The lowest BCUT2D eigenvalue weighted by atomic mass is 10.1. The summed E-state index contributed by atoms with van der Waals surface area (Å²) in [7, 11) is 0. The number of fused-ring (bicyclic) bond motifs is 1. The minimum Gasteiger partial charge on any atom is -0.381 e. The van der Waals surface area contributed by atoms with Crippen LogP contribution in [0, 0.1) is 0 Å². The number of aromatic nitrogens is 1. The molecule has 0 radical (unpaired) electrons. The number of benzene rings is 1. The zero-order valence-corrected chi connectivity index (χ0v) is 11.7. The van der Waals surface area contributed by atoms with Gasteiger partial charge in [-0.15, -0.1) is 0 Å². The van der Waals surface area contributed by atoms with Gasteiger partial charge < -0.3 is 14.6 Å². The van der Waals surface area contributed by atoms with Crippen LogP contribution in [0.15, 0.2) is 30.5 Å². The molecule has 1 aliphatic heterocycles. The molecule has 0 saturated carbocycles. The highest BCUT2D eigenvalue weighted by atomic mass is 35.5. The first-order valence-corrected chi connectivity index (χ1v) is 7.27. The van der Waals surface area contributed by atoms with Crippen molar-refractivity contribution < 1.29 is 4.74 Å². The second kappa shape index (κ2) is 5.95. The predicted molar refractivity (Wildman–Crippen MR) is 78.8 cm³/mol. The Hall–Kier alpha value is -1.03. The molecule has 0 unspecified atom stereocenters. The van der Waals surface area contributed by atoms with Crippen LogP contribution in [0.1, 0.15) is 12.8 Å². The normalized spacial score (nSPS) is 17.1. The van der Waals surface area contributed by atoms with E-state index in [1.165, 1.54) is 5.52 Å². The lowest BCUT2D eigenvalue weighted by Crippen LogP contribution is -2.36. The summed E-state index contributed by atoms with van der Waals surface area (Å²) in [6.07, 6.45) is 4.36. The summed E-state index contributed by atoms with van der Waals surface area (Å²) in [6, 6.07) is 8.77. The number of nitrogens with one attached hydrogen (secondary N) is 1. The van der Waals surface area contributed by atoms with Crippen molar-refractivity contribution in [2.75, 3.05) is 19.8 Å². The number of nitrogens with zero attached hydrogens (tertiary/aromatic N) is 1. The van der Waals surface area contributed by atoms with Gasteiger partial charge >= 0.3 is 0 Å². The van der Waals surface area contributed by atoms with E-state index in [2.05, 4.69) is 28.2 Å². The maximum atomic E-state index is 6.18.